The van der Waals surface area contributed by atoms with Gasteiger partial charge in [-0.15, -0.1) is 0 Å². The fraction of sp³-hybridized carbons (Fsp3) is 0.176. The topological polar surface area (TPSA) is 60.2 Å². The Balaban J connectivity index is 1.68. The first kappa shape index (κ1) is 16.6. The van der Waals surface area contributed by atoms with Crippen molar-refractivity contribution in [2.24, 2.45) is 0 Å². The Kier molecular flexibility index (Phi) is 5.23. The van der Waals surface area contributed by atoms with Gasteiger partial charge in [-0.05, 0) is 49.4 Å². The van der Waals surface area contributed by atoms with E-state index in [-0.39, 0.29) is 0 Å². The predicted octanol–water partition coefficient (Wildman–Crippen LogP) is 5.05. The quantitative estimate of drug-likeness (QED) is 0.663. The van der Waals surface area contributed by atoms with Crippen LogP contribution in [0.4, 0.5) is 5.69 Å². The number of nitrogens with zero attached hydrogens (tertiary/aromatic N) is 2. The van der Waals surface area contributed by atoms with E-state index in [1.165, 1.54) is 0 Å². The summed E-state index contributed by atoms with van der Waals surface area (Å²) < 4.78 is 10.7. The number of aromatic nitrogens is 2. The van der Waals surface area contributed by atoms with Crippen molar-refractivity contribution in [2.45, 2.75) is 13.5 Å². The van der Waals surface area contributed by atoms with Gasteiger partial charge in [0.25, 0.3) is 0 Å². The average Bonchev–Trinajstić information content (AvgIpc) is 3.06. The summed E-state index contributed by atoms with van der Waals surface area (Å²) in [5.41, 5.74) is 1.57. The van der Waals surface area contributed by atoms with Crippen LogP contribution < -0.4 is 10.1 Å². The molecule has 0 aliphatic carbocycles. The zero-order valence-electron chi connectivity index (χ0n) is 12.9. The minimum atomic E-state index is 0.351. The lowest BCUT2D eigenvalue weighted by atomic mass is 10.2. The Morgan fingerprint density at radius 1 is 1.12 bits per heavy atom. The van der Waals surface area contributed by atoms with Gasteiger partial charge >= 0.3 is 0 Å². The highest BCUT2D eigenvalue weighted by Crippen LogP contribution is 2.26. The zero-order valence-corrected chi connectivity index (χ0v) is 14.4. The van der Waals surface area contributed by atoms with Crippen molar-refractivity contribution in [2.75, 3.05) is 11.9 Å². The molecule has 0 saturated heterocycles. The van der Waals surface area contributed by atoms with Crippen molar-refractivity contribution in [3.05, 3.63) is 58.4 Å². The molecule has 3 aromatic rings. The Morgan fingerprint density at radius 3 is 2.67 bits per heavy atom. The standard InChI is InChI=1S/C17H15Cl2N3O2/c1-2-23-13-6-3-11(4-7-13)17-21-16(24-22-17)10-20-15-9-12(18)5-8-14(15)19/h3-9,20H,2,10H2,1H3. The molecule has 3 rings (SSSR count). The highest BCUT2D eigenvalue weighted by Gasteiger charge is 2.09. The van der Waals surface area contributed by atoms with E-state index in [1.54, 1.807) is 18.2 Å². The van der Waals surface area contributed by atoms with Crippen molar-refractivity contribution >= 4 is 28.9 Å². The van der Waals surface area contributed by atoms with Crippen molar-refractivity contribution in [3.8, 4) is 17.1 Å². The molecular formula is C17H15Cl2N3O2. The summed E-state index contributed by atoms with van der Waals surface area (Å²) in [5.74, 6) is 1.78. The molecule has 5 nitrogen and oxygen atoms in total. The lowest BCUT2D eigenvalue weighted by Crippen LogP contribution is -2.00. The number of anilines is 1. The van der Waals surface area contributed by atoms with Gasteiger partial charge < -0.3 is 14.6 Å². The third kappa shape index (κ3) is 3.99. The SMILES string of the molecule is CCOc1ccc(-c2noc(CNc3cc(Cl)ccc3Cl)n2)cc1. The van der Waals surface area contributed by atoms with Crippen LogP contribution in [0.5, 0.6) is 5.75 Å². The summed E-state index contributed by atoms with van der Waals surface area (Å²) in [4.78, 5) is 4.37. The molecule has 0 unspecified atom stereocenters. The number of hydrogen-bond acceptors (Lipinski definition) is 5. The number of benzene rings is 2. The number of nitrogens with one attached hydrogen (secondary N) is 1. The molecule has 2 aromatic carbocycles. The first-order valence-corrected chi connectivity index (χ1v) is 8.16. The van der Waals surface area contributed by atoms with Gasteiger partial charge in [-0.3, -0.25) is 0 Å². The number of ether oxygens (including phenoxy) is 1. The molecule has 0 spiro atoms. The summed E-state index contributed by atoms with van der Waals surface area (Å²) in [5, 5.41) is 8.29. The molecule has 0 saturated carbocycles. The number of hydrogen-bond donors (Lipinski definition) is 1. The molecule has 7 heteroatoms. The third-order valence-electron chi connectivity index (χ3n) is 3.25. The maximum absolute atomic E-state index is 6.10. The Morgan fingerprint density at radius 2 is 1.92 bits per heavy atom. The highest BCUT2D eigenvalue weighted by atomic mass is 35.5. The van der Waals surface area contributed by atoms with Crippen LogP contribution in [0.15, 0.2) is 47.0 Å². The molecule has 1 aromatic heterocycles. The molecule has 1 N–H and O–H groups in total. The van der Waals surface area contributed by atoms with Gasteiger partial charge in [0.2, 0.25) is 11.7 Å². The molecule has 0 radical (unpaired) electrons. The number of halogens is 2. The summed E-state index contributed by atoms with van der Waals surface area (Å²) in [6, 6.07) is 12.7. The van der Waals surface area contributed by atoms with Crippen LogP contribution in [0.2, 0.25) is 10.0 Å². The maximum Gasteiger partial charge on any atom is 0.246 e. The monoisotopic (exact) mass is 363 g/mol. The van der Waals surface area contributed by atoms with E-state index in [9.17, 15) is 0 Å². The second-order valence-corrected chi connectivity index (χ2v) is 5.79. The summed E-state index contributed by atoms with van der Waals surface area (Å²) >= 11 is 12.1. The highest BCUT2D eigenvalue weighted by molar-refractivity contribution is 6.35. The average molecular weight is 364 g/mol. The zero-order chi connectivity index (χ0) is 16.9. The van der Waals surface area contributed by atoms with Gasteiger partial charge in [-0.2, -0.15) is 4.98 Å². The fourth-order valence-corrected chi connectivity index (χ4v) is 2.47. The van der Waals surface area contributed by atoms with E-state index in [4.69, 9.17) is 32.5 Å². The molecule has 0 atom stereocenters. The fourth-order valence-electron chi connectivity index (χ4n) is 2.11. The molecular weight excluding hydrogens is 349 g/mol. The van der Waals surface area contributed by atoms with Gasteiger partial charge in [0.15, 0.2) is 0 Å². The van der Waals surface area contributed by atoms with Crippen LogP contribution >= 0.6 is 23.2 Å². The maximum atomic E-state index is 6.10. The molecule has 0 aliphatic heterocycles. The summed E-state index contributed by atoms with van der Waals surface area (Å²) in [6.45, 7) is 2.92. The summed E-state index contributed by atoms with van der Waals surface area (Å²) in [7, 11) is 0. The Labute approximate surface area is 149 Å². The van der Waals surface area contributed by atoms with Gasteiger partial charge in [0.05, 0.1) is 23.9 Å². The van der Waals surface area contributed by atoms with Gasteiger partial charge in [-0.1, -0.05) is 28.4 Å². The van der Waals surface area contributed by atoms with Crippen molar-refractivity contribution in [1.82, 2.24) is 10.1 Å². The largest absolute Gasteiger partial charge is 0.494 e. The normalized spacial score (nSPS) is 10.6. The van der Waals surface area contributed by atoms with E-state index >= 15 is 0 Å². The van der Waals surface area contributed by atoms with E-state index in [2.05, 4.69) is 15.5 Å². The van der Waals surface area contributed by atoms with Crippen molar-refractivity contribution in [1.29, 1.82) is 0 Å². The Bertz CT molecular complexity index is 819. The van der Waals surface area contributed by atoms with Crippen molar-refractivity contribution in [3.63, 3.8) is 0 Å². The van der Waals surface area contributed by atoms with Crippen LogP contribution in [0.3, 0.4) is 0 Å². The van der Waals surface area contributed by atoms with Crippen LogP contribution in [0.25, 0.3) is 11.4 Å². The second-order valence-electron chi connectivity index (χ2n) is 4.95. The first-order valence-electron chi connectivity index (χ1n) is 7.40. The van der Waals surface area contributed by atoms with E-state index in [0.717, 1.165) is 11.3 Å². The van der Waals surface area contributed by atoms with Gasteiger partial charge in [0.1, 0.15) is 5.75 Å². The summed E-state index contributed by atoms with van der Waals surface area (Å²) in [6.07, 6.45) is 0. The van der Waals surface area contributed by atoms with Crippen LogP contribution in [0.1, 0.15) is 12.8 Å². The Hall–Kier alpha value is -2.24. The van der Waals surface area contributed by atoms with Gasteiger partial charge in [0, 0.05) is 10.6 Å². The lowest BCUT2D eigenvalue weighted by molar-refractivity contribution is 0.340. The first-order chi connectivity index (χ1) is 11.7. The lowest BCUT2D eigenvalue weighted by Gasteiger charge is -2.05. The van der Waals surface area contributed by atoms with Crippen LogP contribution in [-0.2, 0) is 6.54 Å². The molecule has 0 bridgehead atoms. The predicted molar refractivity (Wildman–Crippen MR) is 94.7 cm³/mol. The third-order valence-corrected chi connectivity index (χ3v) is 3.81. The van der Waals surface area contributed by atoms with Crippen LogP contribution in [0, 0.1) is 0 Å². The van der Waals surface area contributed by atoms with E-state index in [1.807, 2.05) is 31.2 Å². The molecule has 0 amide bonds. The molecule has 1 heterocycles. The number of rotatable bonds is 6. The van der Waals surface area contributed by atoms with Gasteiger partial charge in [-0.25, -0.2) is 0 Å². The minimum Gasteiger partial charge on any atom is -0.494 e. The van der Waals surface area contributed by atoms with Crippen LogP contribution in [-0.4, -0.2) is 16.7 Å². The minimum absolute atomic E-state index is 0.351. The second kappa shape index (κ2) is 7.55. The molecule has 124 valence electrons. The van der Waals surface area contributed by atoms with E-state index < -0.39 is 0 Å². The molecule has 24 heavy (non-hydrogen) atoms. The molecule has 0 aliphatic rings. The van der Waals surface area contributed by atoms with Crippen molar-refractivity contribution < 1.29 is 9.26 Å². The van der Waals surface area contributed by atoms with E-state index in [0.29, 0.717) is 40.6 Å². The molecule has 0 fully saturated rings. The smallest absolute Gasteiger partial charge is 0.246 e.